The summed E-state index contributed by atoms with van der Waals surface area (Å²) in [5, 5.41) is 12.2. The lowest BCUT2D eigenvalue weighted by atomic mass is 9.86. The van der Waals surface area contributed by atoms with Crippen LogP contribution in [-0.2, 0) is 15.0 Å². The van der Waals surface area contributed by atoms with Crippen molar-refractivity contribution in [2.75, 3.05) is 6.26 Å². The highest BCUT2D eigenvalue weighted by Crippen LogP contribution is 2.25. The third-order valence-corrected chi connectivity index (χ3v) is 4.74. The Hall–Kier alpha value is -1.49. The number of carbonyl (C=O) groups excluding carboxylic acids is 1. The number of hydrogen-bond donors (Lipinski definition) is 2. The van der Waals surface area contributed by atoms with Crippen LogP contribution in [0.5, 0.6) is 0 Å². The predicted octanol–water partition coefficient (Wildman–Crippen LogP) is 3.76. The zero-order valence-corrected chi connectivity index (χ0v) is 15.4. The molecule has 1 rings (SSSR count). The Kier molecular flexibility index (Phi) is 7.13. The van der Waals surface area contributed by atoms with E-state index in [4.69, 9.17) is 5.11 Å². The molecule has 5 heteroatoms. The molecule has 0 aliphatic carbocycles. The fraction of sp³-hybridized carbons (Fsp3) is 0.556. The second kappa shape index (κ2) is 8.39. The van der Waals surface area contributed by atoms with Crippen molar-refractivity contribution >= 4 is 23.6 Å². The second-order valence-electron chi connectivity index (χ2n) is 6.84. The molecule has 0 heterocycles. The van der Waals surface area contributed by atoms with Crippen LogP contribution in [-0.4, -0.2) is 28.5 Å². The first kappa shape index (κ1) is 19.6. The summed E-state index contributed by atoms with van der Waals surface area (Å²) in [6, 6.07) is 7.32. The van der Waals surface area contributed by atoms with Crippen LogP contribution in [0.15, 0.2) is 24.3 Å². The Labute approximate surface area is 143 Å². The van der Waals surface area contributed by atoms with E-state index in [1.54, 1.807) is 11.8 Å². The molecule has 0 saturated heterocycles. The Balaban J connectivity index is 2.89. The lowest BCUT2D eigenvalue weighted by molar-refractivity contribution is -0.137. The normalized spacial score (nSPS) is 14.1. The van der Waals surface area contributed by atoms with Gasteiger partial charge in [-0.1, -0.05) is 52.0 Å². The monoisotopic (exact) mass is 337 g/mol. The number of benzene rings is 1. The van der Waals surface area contributed by atoms with E-state index in [1.165, 1.54) is 5.56 Å². The largest absolute Gasteiger partial charge is 0.481 e. The van der Waals surface area contributed by atoms with E-state index in [9.17, 15) is 9.59 Å². The van der Waals surface area contributed by atoms with Gasteiger partial charge in [-0.3, -0.25) is 9.59 Å². The minimum Gasteiger partial charge on any atom is -0.481 e. The Morgan fingerprint density at radius 1 is 1.17 bits per heavy atom. The molecule has 0 saturated carbocycles. The van der Waals surface area contributed by atoms with E-state index in [2.05, 4.69) is 26.1 Å². The summed E-state index contributed by atoms with van der Waals surface area (Å²) in [6.07, 6.45) is 2.23. The molecule has 0 aliphatic heterocycles. The Bertz CT molecular complexity index is 534. The summed E-state index contributed by atoms with van der Waals surface area (Å²) in [6.45, 7) is 8.36. The standard InChI is InChI=1S/C18H27NO3S/c1-12(23-5)10-16(20)19-15(11-17(21)22)13-6-8-14(9-7-13)18(2,3)4/h6-9,12,15H,10-11H2,1-5H3,(H,19,20)(H,21,22). The van der Waals surface area contributed by atoms with Gasteiger partial charge in [0.1, 0.15) is 0 Å². The lowest BCUT2D eigenvalue weighted by Crippen LogP contribution is -2.31. The van der Waals surface area contributed by atoms with Gasteiger partial charge in [0.15, 0.2) is 0 Å². The average Bonchev–Trinajstić information content (AvgIpc) is 2.45. The summed E-state index contributed by atoms with van der Waals surface area (Å²) >= 11 is 1.62. The van der Waals surface area contributed by atoms with E-state index >= 15 is 0 Å². The first-order valence-corrected chi connectivity index (χ1v) is 9.06. The first-order valence-electron chi connectivity index (χ1n) is 7.78. The lowest BCUT2D eigenvalue weighted by Gasteiger charge is -2.22. The van der Waals surface area contributed by atoms with Crippen molar-refractivity contribution in [2.45, 2.75) is 57.2 Å². The van der Waals surface area contributed by atoms with Gasteiger partial charge in [0.25, 0.3) is 0 Å². The van der Waals surface area contributed by atoms with Crippen molar-refractivity contribution < 1.29 is 14.7 Å². The number of rotatable bonds is 7. The van der Waals surface area contributed by atoms with Gasteiger partial charge in [-0.25, -0.2) is 0 Å². The van der Waals surface area contributed by atoms with Crippen LogP contribution in [0, 0.1) is 0 Å². The van der Waals surface area contributed by atoms with E-state index in [-0.39, 0.29) is 23.0 Å². The molecule has 23 heavy (non-hydrogen) atoms. The zero-order valence-electron chi connectivity index (χ0n) is 14.6. The Morgan fingerprint density at radius 3 is 2.17 bits per heavy atom. The number of thioether (sulfide) groups is 1. The smallest absolute Gasteiger partial charge is 0.305 e. The van der Waals surface area contributed by atoms with Crippen molar-refractivity contribution in [2.24, 2.45) is 0 Å². The van der Waals surface area contributed by atoms with Gasteiger partial charge < -0.3 is 10.4 Å². The fourth-order valence-corrected chi connectivity index (χ4v) is 2.56. The zero-order chi connectivity index (χ0) is 17.6. The number of nitrogens with one attached hydrogen (secondary N) is 1. The highest BCUT2D eigenvalue weighted by Gasteiger charge is 2.20. The quantitative estimate of drug-likeness (QED) is 0.795. The van der Waals surface area contributed by atoms with Crippen LogP contribution < -0.4 is 5.32 Å². The van der Waals surface area contributed by atoms with Crippen LogP contribution in [0.4, 0.5) is 0 Å². The maximum absolute atomic E-state index is 12.1. The fourth-order valence-electron chi connectivity index (χ4n) is 2.24. The number of carboxylic acids is 1. The maximum Gasteiger partial charge on any atom is 0.305 e. The van der Waals surface area contributed by atoms with Crippen LogP contribution in [0.1, 0.15) is 57.7 Å². The molecule has 2 unspecified atom stereocenters. The van der Waals surface area contributed by atoms with Crippen molar-refractivity contribution in [3.63, 3.8) is 0 Å². The molecule has 2 N–H and O–H groups in total. The molecule has 0 spiro atoms. The van der Waals surface area contributed by atoms with Gasteiger partial charge in [0.05, 0.1) is 12.5 Å². The number of hydrogen-bond acceptors (Lipinski definition) is 3. The molecule has 0 radical (unpaired) electrons. The number of amides is 1. The summed E-state index contributed by atoms with van der Waals surface area (Å²) < 4.78 is 0. The van der Waals surface area contributed by atoms with Gasteiger partial charge in [-0.15, -0.1) is 0 Å². The summed E-state index contributed by atoms with van der Waals surface area (Å²) in [7, 11) is 0. The molecule has 0 fully saturated rings. The molecule has 0 aliphatic rings. The highest BCUT2D eigenvalue weighted by molar-refractivity contribution is 7.99. The van der Waals surface area contributed by atoms with Gasteiger partial charge in [-0.2, -0.15) is 11.8 Å². The van der Waals surface area contributed by atoms with Crippen LogP contribution >= 0.6 is 11.8 Å². The van der Waals surface area contributed by atoms with Gasteiger partial charge in [-0.05, 0) is 22.8 Å². The van der Waals surface area contributed by atoms with Crippen molar-refractivity contribution in [1.29, 1.82) is 0 Å². The molecule has 1 aromatic carbocycles. The van der Waals surface area contributed by atoms with Gasteiger partial charge >= 0.3 is 5.97 Å². The molecular formula is C18H27NO3S. The van der Waals surface area contributed by atoms with Crippen LogP contribution in [0.2, 0.25) is 0 Å². The van der Waals surface area contributed by atoms with E-state index in [0.717, 1.165) is 5.56 Å². The summed E-state index contributed by atoms with van der Waals surface area (Å²) in [5.74, 6) is -1.04. The summed E-state index contributed by atoms with van der Waals surface area (Å²) in [4.78, 5) is 23.2. The van der Waals surface area contributed by atoms with Crippen molar-refractivity contribution in [3.05, 3.63) is 35.4 Å². The van der Waals surface area contributed by atoms with E-state index in [1.807, 2.05) is 37.4 Å². The van der Waals surface area contributed by atoms with E-state index < -0.39 is 12.0 Å². The van der Waals surface area contributed by atoms with Crippen molar-refractivity contribution in [3.8, 4) is 0 Å². The van der Waals surface area contributed by atoms with Crippen molar-refractivity contribution in [1.82, 2.24) is 5.32 Å². The third-order valence-electron chi connectivity index (χ3n) is 3.77. The Morgan fingerprint density at radius 2 is 1.74 bits per heavy atom. The first-order chi connectivity index (χ1) is 10.6. The summed E-state index contributed by atoms with van der Waals surface area (Å²) in [5.41, 5.74) is 2.04. The average molecular weight is 337 g/mol. The van der Waals surface area contributed by atoms with Gasteiger partial charge in [0, 0.05) is 11.7 Å². The molecule has 0 aromatic heterocycles. The topological polar surface area (TPSA) is 66.4 Å². The minimum absolute atomic E-state index is 0.0395. The number of aliphatic carboxylic acids is 1. The number of carboxylic acid groups (broad SMARTS) is 1. The molecule has 0 bridgehead atoms. The minimum atomic E-state index is -0.923. The molecule has 4 nitrogen and oxygen atoms in total. The molecule has 2 atom stereocenters. The third kappa shape index (κ3) is 6.65. The molecule has 128 valence electrons. The number of carbonyl (C=O) groups is 2. The molecule has 1 amide bonds. The second-order valence-corrected chi connectivity index (χ2v) is 8.12. The SMILES string of the molecule is CSC(C)CC(=O)NC(CC(=O)O)c1ccc(C(C)(C)C)cc1. The molecule has 1 aromatic rings. The van der Waals surface area contributed by atoms with E-state index in [0.29, 0.717) is 6.42 Å². The molecular weight excluding hydrogens is 310 g/mol. The van der Waals surface area contributed by atoms with Crippen LogP contribution in [0.3, 0.4) is 0 Å². The van der Waals surface area contributed by atoms with Gasteiger partial charge in [0.2, 0.25) is 5.91 Å². The highest BCUT2D eigenvalue weighted by atomic mass is 32.2. The predicted molar refractivity (Wildman–Crippen MR) is 95.9 cm³/mol. The maximum atomic E-state index is 12.1. The van der Waals surface area contributed by atoms with Crippen LogP contribution in [0.25, 0.3) is 0 Å².